The highest BCUT2D eigenvalue weighted by molar-refractivity contribution is 7.89. The summed E-state index contributed by atoms with van der Waals surface area (Å²) in [5.74, 6) is 1.13. The van der Waals surface area contributed by atoms with Gasteiger partial charge in [-0.15, -0.1) is 0 Å². The van der Waals surface area contributed by atoms with Gasteiger partial charge in [0.25, 0.3) is 5.69 Å². The zero-order chi connectivity index (χ0) is 20.5. The van der Waals surface area contributed by atoms with E-state index in [9.17, 15) is 18.5 Å². The quantitative estimate of drug-likeness (QED) is 0.577. The maximum Gasteiger partial charge on any atom is 0.271 e. The molecule has 0 unspecified atom stereocenters. The summed E-state index contributed by atoms with van der Waals surface area (Å²) in [6.07, 6.45) is 0. The second-order valence-electron chi connectivity index (χ2n) is 6.68. The van der Waals surface area contributed by atoms with Crippen molar-refractivity contribution in [3.8, 4) is 17.2 Å². The van der Waals surface area contributed by atoms with Gasteiger partial charge in [-0.3, -0.25) is 10.1 Å². The number of rotatable bonds is 6. The SMILES string of the molecule is COc1ccc([N+](=O)[O-])cc1S(=O)(=O)NC(C)(C)c1ccc2c(c1)OCCO2. The molecule has 0 aromatic heterocycles. The lowest BCUT2D eigenvalue weighted by atomic mass is 9.95. The van der Waals surface area contributed by atoms with Crippen LogP contribution < -0.4 is 18.9 Å². The molecular formula is C18H20N2O7S. The van der Waals surface area contributed by atoms with Gasteiger partial charge in [-0.25, -0.2) is 13.1 Å². The topological polar surface area (TPSA) is 117 Å². The Bertz CT molecular complexity index is 1020. The number of nitrogens with zero attached hydrogens (tertiary/aromatic N) is 1. The minimum absolute atomic E-state index is 0.0103. The normalized spacial score (nSPS) is 13.8. The van der Waals surface area contributed by atoms with Crippen molar-refractivity contribution in [2.24, 2.45) is 0 Å². The first-order chi connectivity index (χ1) is 13.1. The molecule has 3 rings (SSSR count). The van der Waals surface area contributed by atoms with Gasteiger partial charge < -0.3 is 14.2 Å². The Hall–Kier alpha value is -2.85. The van der Waals surface area contributed by atoms with Gasteiger partial charge in [-0.1, -0.05) is 6.07 Å². The molecular weight excluding hydrogens is 388 g/mol. The van der Waals surface area contributed by atoms with Crippen molar-refractivity contribution in [2.75, 3.05) is 20.3 Å². The van der Waals surface area contributed by atoms with Gasteiger partial charge in [0, 0.05) is 12.1 Å². The third-order valence-electron chi connectivity index (χ3n) is 4.30. The molecule has 1 heterocycles. The average molecular weight is 408 g/mol. The third-order valence-corrected chi connectivity index (χ3v) is 5.98. The molecule has 150 valence electrons. The molecule has 0 saturated heterocycles. The van der Waals surface area contributed by atoms with Gasteiger partial charge >= 0.3 is 0 Å². The molecule has 9 nitrogen and oxygen atoms in total. The van der Waals surface area contributed by atoms with Gasteiger partial charge in [-0.2, -0.15) is 0 Å². The van der Waals surface area contributed by atoms with Gasteiger partial charge in [0.05, 0.1) is 17.6 Å². The van der Waals surface area contributed by atoms with E-state index in [2.05, 4.69) is 4.72 Å². The summed E-state index contributed by atoms with van der Waals surface area (Å²) in [7, 11) is -2.84. The van der Waals surface area contributed by atoms with Crippen LogP contribution in [0.25, 0.3) is 0 Å². The van der Waals surface area contributed by atoms with E-state index in [-0.39, 0.29) is 16.3 Å². The minimum Gasteiger partial charge on any atom is -0.495 e. The maximum atomic E-state index is 13.0. The van der Waals surface area contributed by atoms with E-state index in [4.69, 9.17) is 14.2 Å². The van der Waals surface area contributed by atoms with E-state index in [1.807, 2.05) is 0 Å². The van der Waals surface area contributed by atoms with E-state index < -0.39 is 20.5 Å². The molecule has 2 aromatic rings. The van der Waals surface area contributed by atoms with Crippen LogP contribution in [-0.4, -0.2) is 33.7 Å². The van der Waals surface area contributed by atoms with E-state index in [1.54, 1.807) is 32.0 Å². The Morgan fingerprint density at radius 3 is 2.43 bits per heavy atom. The number of methoxy groups -OCH3 is 1. The molecule has 0 aliphatic carbocycles. The van der Waals surface area contributed by atoms with Crippen molar-refractivity contribution < 1.29 is 27.6 Å². The summed E-state index contributed by atoms with van der Waals surface area (Å²) < 4.78 is 44.7. The van der Waals surface area contributed by atoms with E-state index >= 15 is 0 Å². The molecule has 0 saturated carbocycles. The number of hydrogen-bond donors (Lipinski definition) is 1. The number of non-ortho nitro benzene ring substituents is 1. The first-order valence-electron chi connectivity index (χ1n) is 8.40. The molecule has 0 fully saturated rings. The first-order valence-corrected chi connectivity index (χ1v) is 9.89. The first kappa shape index (κ1) is 19.9. The molecule has 1 aliphatic rings. The van der Waals surface area contributed by atoms with Crippen LogP contribution in [0.2, 0.25) is 0 Å². The number of benzene rings is 2. The lowest BCUT2D eigenvalue weighted by Crippen LogP contribution is -2.41. The number of hydrogen-bond acceptors (Lipinski definition) is 7. The van der Waals surface area contributed by atoms with Crippen molar-refractivity contribution in [3.05, 3.63) is 52.1 Å². The van der Waals surface area contributed by atoms with Gasteiger partial charge in [0.1, 0.15) is 23.9 Å². The van der Waals surface area contributed by atoms with Crippen LogP contribution >= 0.6 is 0 Å². The molecule has 1 N–H and O–H groups in total. The fraction of sp³-hybridized carbons (Fsp3) is 0.333. The van der Waals surface area contributed by atoms with Crippen molar-refractivity contribution in [3.63, 3.8) is 0 Å². The predicted molar refractivity (Wildman–Crippen MR) is 100 cm³/mol. The Morgan fingerprint density at radius 1 is 1.11 bits per heavy atom. The van der Waals surface area contributed by atoms with Crippen LogP contribution in [0.4, 0.5) is 5.69 Å². The Labute approximate surface area is 162 Å². The summed E-state index contributed by atoms with van der Waals surface area (Å²) in [5, 5.41) is 11.0. The number of nitro benzene ring substituents is 1. The highest BCUT2D eigenvalue weighted by atomic mass is 32.2. The summed E-state index contributed by atoms with van der Waals surface area (Å²) in [5.41, 5.74) is -0.743. The highest BCUT2D eigenvalue weighted by Crippen LogP contribution is 2.36. The van der Waals surface area contributed by atoms with Gasteiger partial charge in [-0.05, 0) is 37.6 Å². The summed E-state index contributed by atoms with van der Waals surface area (Å²) in [4.78, 5) is 10.1. The van der Waals surface area contributed by atoms with Gasteiger partial charge in [0.15, 0.2) is 11.5 Å². The van der Waals surface area contributed by atoms with E-state index in [0.29, 0.717) is 30.3 Å². The monoisotopic (exact) mass is 408 g/mol. The molecule has 0 radical (unpaired) electrons. The summed E-state index contributed by atoms with van der Waals surface area (Å²) in [6, 6.07) is 8.57. The summed E-state index contributed by atoms with van der Waals surface area (Å²) in [6.45, 7) is 4.22. The smallest absolute Gasteiger partial charge is 0.271 e. The zero-order valence-corrected chi connectivity index (χ0v) is 16.4. The van der Waals surface area contributed by atoms with Crippen LogP contribution in [0, 0.1) is 10.1 Å². The minimum atomic E-state index is -4.14. The Balaban J connectivity index is 1.97. The number of nitro groups is 1. The van der Waals surface area contributed by atoms with E-state index in [0.717, 1.165) is 6.07 Å². The van der Waals surface area contributed by atoms with Gasteiger partial charge in [0.2, 0.25) is 10.0 Å². The molecule has 10 heteroatoms. The number of nitrogens with one attached hydrogen (secondary N) is 1. The summed E-state index contributed by atoms with van der Waals surface area (Å²) >= 11 is 0. The molecule has 0 amide bonds. The second kappa shape index (κ2) is 7.28. The fourth-order valence-corrected chi connectivity index (χ4v) is 4.46. The van der Waals surface area contributed by atoms with Crippen molar-refractivity contribution >= 4 is 15.7 Å². The molecule has 2 aromatic carbocycles. The molecule has 0 bridgehead atoms. The maximum absolute atomic E-state index is 13.0. The average Bonchev–Trinajstić information content (AvgIpc) is 2.66. The molecule has 28 heavy (non-hydrogen) atoms. The Kier molecular flexibility index (Phi) is 5.18. The molecule has 1 aliphatic heterocycles. The standard InChI is InChI=1S/C18H20N2O7S/c1-18(2,12-4-6-14-16(10-12)27-9-8-26-14)19-28(23,24)17-11-13(20(21)22)5-7-15(17)25-3/h4-7,10-11,19H,8-9H2,1-3H3. The molecule has 0 spiro atoms. The predicted octanol–water partition coefficient (Wildman–Crippen LogP) is 2.59. The van der Waals surface area contributed by atoms with Crippen LogP contribution in [0.15, 0.2) is 41.3 Å². The lowest BCUT2D eigenvalue weighted by Gasteiger charge is -2.28. The largest absolute Gasteiger partial charge is 0.495 e. The van der Waals surface area contributed by atoms with Crippen molar-refractivity contribution in [1.29, 1.82) is 0 Å². The number of ether oxygens (including phenoxy) is 3. The van der Waals surface area contributed by atoms with Crippen molar-refractivity contribution in [1.82, 2.24) is 4.72 Å². The second-order valence-corrected chi connectivity index (χ2v) is 8.33. The van der Waals surface area contributed by atoms with E-state index in [1.165, 1.54) is 19.2 Å². The van der Waals surface area contributed by atoms with Crippen LogP contribution in [-0.2, 0) is 15.6 Å². The van der Waals surface area contributed by atoms with Crippen LogP contribution in [0.1, 0.15) is 19.4 Å². The van der Waals surface area contributed by atoms with Crippen molar-refractivity contribution in [2.45, 2.75) is 24.3 Å². The molecule has 0 atom stereocenters. The van der Waals surface area contributed by atoms with Crippen LogP contribution in [0.3, 0.4) is 0 Å². The fourth-order valence-electron chi connectivity index (χ4n) is 2.87. The Morgan fingerprint density at radius 2 is 1.79 bits per heavy atom. The zero-order valence-electron chi connectivity index (χ0n) is 15.6. The number of fused-ring (bicyclic) bond motifs is 1. The lowest BCUT2D eigenvalue weighted by molar-refractivity contribution is -0.385. The highest BCUT2D eigenvalue weighted by Gasteiger charge is 2.32. The number of sulfonamides is 1. The third kappa shape index (κ3) is 3.87. The van der Waals surface area contributed by atoms with Crippen LogP contribution in [0.5, 0.6) is 17.2 Å².